The summed E-state index contributed by atoms with van der Waals surface area (Å²) < 4.78 is 24.5. The highest BCUT2D eigenvalue weighted by Crippen LogP contribution is 2.15. The zero-order chi connectivity index (χ0) is 14.5. The zero-order valence-corrected chi connectivity index (χ0v) is 12.8. The summed E-state index contributed by atoms with van der Waals surface area (Å²) in [6.45, 7) is 2.75. The summed E-state index contributed by atoms with van der Waals surface area (Å²) in [6, 6.07) is 2.02. The molecule has 0 saturated heterocycles. The lowest BCUT2D eigenvalue weighted by Crippen LogP contribution is -2.29. The van der Waals surface area contributed by atoms with Gasteiger partial charge in [-0.15, -0.1) is 0 Å². The van der Waals surface area contributed by atoms with Gasteiger partial charge in [0, 0.05) is 26.3 Å². The lowest BCUT2D eigenvalue weighted by atomic mass is 10.2. The fraction of sp³-hybridized carbons (Fsp3) is 0.667. The van der Waals surface area contributed by atoms with Crippen LogP contribution in [0.5, 0.6) is 0 Å². The minimum atomic E-state index is -3.10. The smallest absolute Gasteiger partial charge is 0.213 e. The second-order valence-corrected chi connectivity index (χ2v) is 7.05. The van der Waals surface area contributed by atoms with E-state index in [2.05, 4.69) is 14.9 Å². The Balaban J connectivity index is 2.46. The third-order valence-corrected chi connectivity index (χ3v) is 5.08. The normalized spacial score (nSPS) is 14.0. The van der Waals surface area contributed by atoms with E-state index >= 15 is 0 Å². The van der Waals surface area contributed by atoms with Crippen molar-refractivity contribution in [1.82, 2.24) is 19.2 Å². The number of rotatable bonds is 7. The largest absolute Gasteiger partial charge is 0.298 e. The Bertz CT molecular complexity index is 476. The standard InChI is InChI=1S/C12H22N4O2S/c1-11(12-6-7-13-10-14-12)16(4)8-5-9-19(17,18)15(2)3/h6-7,10-11H,5,8-9H2,1-4H3. The van der Waals surface area contributed by atoms with Crippen LogP contribution >= 0.6 is 0 Å². The average Bonchev–Trinajstić information content (AvgIpc) is 2.38. The van der Waals surface area contributed by atoms with E-state index in [0.29, 0.717) is 13.0 Å². The van der Waals surface area contributed by atoms with Crippen molar-refractivity contribution < 1.29 is 8.42 Å². The molecule has 0 aliphatic carbocycles. The van der Waals surface area contributed by atoms with Gasteiger partial charge in [-0.2, -0.15) is 0 Å². The highest BCUT2D eigenvalue weighted by atomic mass is 32.2. The highest BCUT2D eigenvalue weighted by Gasteiger charge is 2.16. The Labute approximate surface area is 115 Å². The van der Waals surface area contributed by atoms with Crippen LogP contribution in [0.15, 0.2) is 18.6 Å². The maximum atomic E-state index is 11.6. The van der Waals surface area contributed by atoms with Crippen molar-refractivity contribution in [2.24, 2.45) is 0 Å². The van der Waals surface area contributed by atoms with E-state index in [1.54, 1.807) is 20.3 Å². The van der Waals surface area contributed by atoms with E-state index in [1.165, 1.54) is 10.6 Å². The SMILES string of the molecule is CC(c1ccncn1)N(C)CCCS(=O)(=O)N(C)C. The molecule has 0 amide bonds. The van der Waals surface area contributed by atoms with E-state index in [1.807, 2.05) is 20.0 Å². The van der Waals surface area contributed by atoms with Crippen molar-refractivity contribution in [2.75, 3.05) is 33.4 Å². The van der Waals surface area contributed by atoms with Crippen LogP contribution in [-0.4, -0.2) is 61.0 Å². The average molecular weight is 286 g/mol. The quantitative estimate of drug-likeness (QED) is 0.740. The van der Waals surface area contributed by atoms with Gasteiger partial charge < -0.3 is 0 Å². The van der Waals surface area contributed by atoms with E-state index in [0.717, 1.165) is 5.69 Å². The van der Waals surface area contributed by atoms with E-state index < -0.39 is 10.0 Å². The molecule has 0 aromatic carbocycles. The third-order valence-electron chi connectivity index (χ3n) is 3.16. The summed E-state index contributed by atoms with van der Waals surface area (Å²) in [5.41, 5.74) is 0.938. The van der Waals surface area contributed by atoms with Crippen LogP contribution in [0.2, 0.25) is 0 Å². The van der Waals surface area contributed by atoms with Gasteiger partial charge in [-0.25, -0.2) is 22.7 Å². The Hall–Kier alpha value is -1.05. The van der Waals surface area contributed by atoms with Crippen LogP contribution in [0.4, 0.5) is 0 Å². The van der Waals surface area contributed by atoms with Gasteiger partial charge in [0.1, 0.15) is 6.33 Å². The van der Waals surface area contributed by atoms with Gasteiger partial charge >= 0.3 is 0 Å². The topological polar surface area (TPSA) is 66.4 Å². The molecular weight excluding hydrogens is 264 g/mol. The molecule has 0 saturated carbocycles. The number of hydrogen-bond acceptors (Lipinski definition) is 5. The molecule has 0 bridgehead atoms. The second-order valence-electron chi connectivity index (χ2n) is 4.74. The molecule has 1 heterocycles. The summed E-state index contributed by atoms with van der Waals surface area (Å²) in [5, 5.41) is 0. The number of nitrogens with zero attached hydrogens (tertiary/aromatic N) is 4. The lowest BCUT2D eigenvalue weighted by molar-refractivity contribution is 0.257. The first-order valence-corrected chi connectivity index (χ1v) is 7.82. The summed E-state index contributed by atoms with van der Waals surface area (Å²) in [7, 11) is 1.98. The second kappa shape index (κ2) is 6.93. The Morgan fingerprint density at radius 1 is 1.32 bits per heavy atom. The molecule has 108 valence electrons. The fourth-order valence-electron chi connectivity index (χ4n) is 1.65. The molecule has 0 fully saturated rings. The van der Waals surface area contributed by atoms with Crippen LogP contribution in [-0.2, 0) is 10.0 Å². The molecule has 6 nitrogen and oxygen atoms in total. The molecule has 1 atom stereocenters. The first-order valence-electron chi connectivity index (χ1n) is 6.21. The van der Waals surface area contributed by atoms with Crippen LogP contribution in [0, 0.1) is 0 Å². The molecule has 0 radical (unpaired) electrons. The molecule has 7 heteroatoms. The summed E-state index contributed by atoms with van der Waals surface area (Å²) in [4.78, 5) is 10.2. The third kappa shape index (κ3) is 4.85. The molecule has 1 rings (SSSR count). The minimum Gasteiger partial charge on any atom is -0.298 e. The molecule has 0 aliphatic heterocycles. The van der Waals surface area contributed by atoms with Crippen LogP contribution in [0.3, 0.4) is 0 Å². The zero-order valence-electron chi connectivity index (χ0n) is 11.9. The molecule has 1 unspecified atom stereocenters. The monoisotopic (exact) mass is 286 g/mol. The molecule has 0 spiro atoms. The fourth-order valence-corrected chi connectivity index (χ4v) is 2.51. The van der Waals surface area contributed by atoms with Gasteiger partial charge in [0.05, 0.1) is 11.4 Å². The minimum absolute atomic E-state index is 0.144. The highest BCUT2D eigenvalue weighted by molar-refractivity contribution is 7.89. The molecular formula is C12H22N4O2S. The van der Waals surface area contributed by atoms with Crippen LogP contribution in [0.1, 0.15) is 25.1 Å². The van der Waals surface area contributed by atoms with Crippen molar-refractivity contribution in [2.45, 2.75) is 19.4 Å². The lowest BCUT2D eigenvalue weighted by Gasteiger charge is -2.24. The van der Waals surface area contributed by atoms with Gasteiger partial charge in [0.25, 0.3) is 0 Å². The van der Waals surface area contributed by atoms with E-state index in [-0.39, 0.29) is 11.8 Å². The van der Waals surface area contributed by atoms with E-state index in [9.17, 15) is 8.42 Å². The van der Waals surface area contributed by atoms with Crippen molar-refractivity contribution in [1.29, 1.82) is 0 Å². The van der Waals surface area contributed by atoms with Crippen LogP contribution < -0.4 is 0 Å². The Morgan fingerprint density at radius 3 is 2.53 bits per heavy atom. The van der Waals surface area contributed by atoms with Crippen molar-refractivity contribution in [3.05, 3.63) is 24.3 Å². The van der Waals surface area contributed by atoms with Gasteiger partial charge in [0.15, 0.2) is 0 Å². The maximum Gasteiger partial charge on any atom is 0.213 e. The molecule has 1 aromatic rings. The summed E-state index contributed by atoms with van der Waals surface area (Å²) in [5.74, 6) is 0.167. The van der Waals surface area contributed by atoms with Crippen molar-refractivity contribution in [3.63, 3.8) is 0 Å². The molecule has 0 N–H and O–H groups in total. The van der Waals surface area contributed by atoms with Crippen molar-refractivity contribution in [3.8, 4) is 0 Å². The van der Waals surface area contributed by atoms with Gasteiger partial charge in [0.2, 0.25) is 10.0 Å². The van der Waals surface area contributed by atoms with E-state index in [4.69, 9.17) is 0 Å². The summed E-state index contributed by atoms with van der Waals surface area (Å²) in [6.07, 6.45) is 3.84. The maximum absolute atomic E-state index is 11.6. The first-order chi connectivity index (χ1) is 8.84. The van der Waals surface area contributed by atoms with Gasteiger partial charge in [-0.05, 0) is 33.0 Å². The Morgan fingerprint density at radius 2 is 2.00 bits per heavy atom. The number of hydrogen-bond donors (Lipinski definition) is 0. The van der Waals surface area contributed by atoms with Gasteiger partial charge in [-0.3, -0.25) is 4.90 Å². The predicted octanol–water partition coefficient (Wildman–Crippen LogP) is 0.751. The molecule has 1 aromatic heterocycles. The first kappa shape index (κ1) is 16.0. The van der Waals surface area contributed by atoms with Crippen LogP contribution in [0.25, 0.3) is 0 Å². The number of aromatic nitrogens is 2. The molecule has 0 aliphatic rings. The summed E-state index contributed by atoms with van der Waals surface area (Å²) >= 11 is 0. The Kier molecular flexibility index (Phi) is 5.84. The predicted molar refractivity (Wildman–Crippen MR) is 75.2 cm³/mol. The van der Waals surface area contributed by atoms with Crippen molar-refractivity contribution >= 4 is 10.0 Å². The molecule has 19 heavy (non-hydrogen) atoms. The van der Waals surface area contributed by atoms with Gasteiger partial charge in [-0.1, -0.05) is 0 Å². The number of sulfonamides is 1.